The van der Waals surface area contributed by atoms with Gasteiger partial charge in [0.15, 0.2) is 5.96 Å². The number of pyridine rings is 1. The summed E-state index contributed by atoms with van der Waals surface area (Å²) in [6.45, 7) is 10.7. The topological polar surface area (TPSA) is 98.7 Å². The highest BCUT2D eigenvalue weighted by atomic mass is 127. The zero-order valence-electron chi connectivity index (χ0n) is 18.0. The number of hydrogen-bond donors (Lipinski definition) is 3. The van der Waals surface area contributed by atoms with E-state index < -0.39 is 15.6 Å². The van der Waals surface area contributed by atoms with Crippen molar-refractivity contribution in [2.75, 3.05) is 37.3 Å². The van der Waals surface area contributed by atoms with E-state index in [9.17, 15) is 8.42 Å². The third-order valence-corrected chi connectivity index (χ3v) is 5.42. The van der Waals surface area contributed by atoms with Gasteiger partial charge in [-0.05, 0) is 52.2 Å². The lowest BCUT2D eigenvalue weighted by Gasteiger charge is -2.34. The maximum Gasteiger partial charge on any atom is 0.209 e. The van der Waals surface area contributed by atoms with Gasteiger partial charge in [0.05, 0.1) is 12.8 Å². The summed E-state index contributed by atoms with van der Waals surface area (Å²) < 4.78 is 25.6. The van der Waals surface area contributed by atoms with E-state index in [-0.39, 0.29) is 24.0 Å². The second kappa shape index (κ2) is 11.3. The van der Waals surface area contributed by atoms with Gasteiger partial charge in [-0.15, -0.1) is 24.0 Å². The number of guanidine groups is 1. The summed E-state index contributed by atoms with van der Waals surface area (Å²) in [5.41, 5.74) is 0.524. The van der Waals surface area contributed by atoms with Gasteiger partial charge < -0.3 is 15.5 Å². The molecule has 1 fully saturated rings. The van der Waals surface area contributed by atoms with Gasteiger partial charge in [-0.25, -0.2) is 18.1 Å². The maximum absolute atomic E-state index is 11.5. The lowest BCUT2D eigenvalue weighted by molar-refractivity contribution is 0.450. The third kappa shape index (κ3) is 9.47. The fourth-order valence-corrected chi connectivity index (χ4v) is 4.29. The van der Waals surface area contributed by atoms with Crippen molar-refractivity contribution in [3.05, 3.63) is 23.9 Å². The van der Waals surface area contributed by atoms with Crippen molar-refractivity contribution in [2.45, 2.75) is 52.1 Å². The fourth-order valence-electron chi connectivity index (χ4n) is 3.22. The molecule has 2 heterocycles. The van der Waals surface area contributed by atoms with Crippen LogP contribution in [0.15, 0.2) is 23.3 Å². The Balaban J connectivity index is 0.00000420. The first-order chi connectivity index (χ1) is 13.1. The Morgan fingerprint density at radius 1 is 1.31 bits per heavy atom. The fraction of sp³-hybridized carbons (Fsp3) is 0.684. The molecule has 0 aromatic carbocycles. The van der Waals surface area contributed by atoms with E-state index >= 15 is 0 Å². The number of aromatic nitrogens is 1. The van der Waals surface area contributed by atoms with Crippen LogP contribution in [0.1, 0.15) is 39.2 Å². The van der Waals surface area contributed by atoms with Crippen LogP contribution in [0.2, 0.25) is 0 Å². The highest BCUT2D eigenvalue weighted by Crippen LogP contribution is 2.18. The molecule has 3 N–H and O–H groups in total. The molecular formula is C19H35IN6O2S. The van der Waals surface area contributed by atoms with Gasteiger partial charge in [0.2, 0.25) is 10.0 Å². The summed E-state index contributed by atoms with van der Waals surface area (Å²) >= 11 is 0. The Hall–Kier alpha value is -1.14. The first-order valence-electron chi connectivity index (χ1n) is 9.79. The van der Waals surface area contributed by atoms with Gasteiger partial charge in [-0.3, -0.25) is 4.99 Å². The van der Waals surface area contributed by atoms with Crippen LogP contribution in [-0.2, 0) is 10.0 Å². The quantitative estimate of drug-likeness (QED) is 0.279. The molecule has 0 radical (unpaired) electrons. The average molecular weight is 539 g/mol. The number of sulfonamides is 1. The zero-order chi connectivity index (χ0) is 20.8. The Morgan fingerprint density at radius 2 is 1.97 bits per heavy atom. The highest BCUT2D eigenvalue weighted by Gasteiger charge is 2.23. The SMILES string of the molecule is CCNC(=NCC(C)(C)NS(C)(=O)=O)NC1CCN(c2ccc(C)cn2)CC1.I. The smallest absolute Gasteiger partial charge is 0.209 e. The van der Waals surface area contributed by atoms with Crippen LogP contribution in [0.4, 0.5) is 5.82 Å². The predicted molar refractivity (Wildman–Crippen MR) is 131 cm³/mol. The molecule has 0 unspecified atom stereocenters. The number of hydrogen-bond acceptors (Lipinski definition) is 5. The highest BCUT2D eigenvalue weighted by molar-refractivity contribution is 14.0. The van der Waals surface area contributed by atoms with Crippen LogP contribution in [0, 0.1) is 6.92 Å². The van der Waals surface area contributed by atoms with Crippen LogP contribution < -0.4 is 20.3 Å². The molecule has 10 heteroatoms. The standard InChI is InChI=1S/C19H34N6O2S.HI/c1-6-20-18(22-14-19(3,4)24-28(5,26)27)23-16-9-11-25(12-10-16)17-8-7-15(2)13-21-17;/h7-8,13,16,24H,6,9-12,14H2,1-5H3,(H2,20,22,23);1H. The molecule has 1 aromatic heterocycles. The van der Waals surface area contributed by atoms with Crippen molar-refractivity contribution in [3.63, 3.8) is 0 Å². The van der Waals surface area contributed by atoms with E-state index in [0.717, 1.165) is 44.3 Å². The molecule has 0 saturated carbocycles. The molecule has 0 atom stereocenters. The normalized spacial score (nSPS) is 16.3. The summed E-state index contributed by atoms with van der Waals surface area (Å²) in [6.07, 6.45) is 5.05. The van der Waals surface area contributed by atoms with E-state index in [1.54, 1.807) is 0 Å². The van der Waals surface area contributed by atoms with Gasteiger partial charge in [-0.2, -0.15) is 0 Å². The molecule has 0 bridgehead atoms. The number of nitrogens with one attached hydrogen (secondary N) is 3. The van der Waals surface area contributed by atoms with Gasteiger partial charge >= 0.3 is 0 Å². The number of rotatable bonds is 7. The minimum atomic E-state index is -3.28. The molecule has 166 valence electrons. The van der Waals surface area contributed by atoms with Crippen molar-refractivity contribution in [3.8, 4) is 0 Å². The molecule has 29 heavy (non-hydrogen) atoms. The second-order valence-corrected chi connectivity index (χ2v) is 9.80. The number of anilines is 1. The molecule has 1 saturated heterocycles. The van der Waals surface area contributed by atoms with Crippen LogP contribution in [0.5, 0.6) is 0 Å². The number of aliphatic imine (C=N–C) groups is 1. The predicted octanol–water partition coefficient (Wildman–Crippen LogP) is 1.86. The first kappa shape index (κ1) is 25.9. The molecule has 8 nitrogen and oxygen atoms in total. The molecule has 2 rings (SSSR count). The summed E-state index contributed by atoms with van der Waals surface area (Å²) in [5.74, 6) is 1.75. The molecule has 0 aliphatic carbocycles. The van der Waals surface area contributed by atoms with E-state index in [1.807, 2.05) is 33.9 Å². The Labute approximate surface area is 192 Å². The first-order valence-corrected chi connectivity index (χ1v) is 11.7. The van der Waals surface area contributed by atoms with E-state index in [0.29, 0.717) is 12.6 Å². The maximum atomic E-state index is 11.5. The number of aryl methyl sites for hydroxylation is 1. The summed E-state index contributed by atoms with van der Waals surface area (Å²) in [7, 11) is -3.28. The van der Waals surface area contributed by atoms with Gasteiger partial charge in [0.1, 0.15) is 5.82 Å². The van der Waals surface area contributed by atoms with Crippen LogP contribution in [0.3, 0.4) is 0 Å². The van der Waals surface area contributed by atoms with E-state index in [4.69, 9.17) is 0 Å². The Bertz CT molecular complexity index is 759. The van der Waals surface area contributed by atoms with Crippen molar-refractivity contribution >= 4 is 45.8 Å². The van der Waals surface area contributed by atoms with E-state index in [2.05, 4.69) is 42.4 Å². The van der Waals surface area contributed by atoms with Crippen molar-refractivity contribution < 1.29 is 8.42 Å². The van der Waals surface area contributed by atoms with Crippen molar-refractivity contribution in [1.29, 1.82) is 0 Å². The van der Waals surface area contributed by atoms with E-state index in [1.165, 1.54) is 11.8 Å². The number of nitrogens with zero attached hydrogens (tertiary/aromatic N) is 3. The molecule has 0 spiro atoms. The van der Waals surface area contributed by atoms with Gasteiger partial charge in [-0.1, -0.05) is 6.07 Å². The molecule has 0 amide bonds. The van der Waals surface area contributed by atoms with Crippen molar-refractivity contribution in [2.24, 2.45) is 4.99 Å². The lowest BCUT2D eigenvalue weighted by atomic mass is 10.1. The Kier molecular flexibility index (Phi) is 10.1. The molecule has 1 aliphatic heterocycles. The molecule has 1 aromatic rings. The average Bonchev–Trinajstić information content (AvgIpc) is 2.59. The lowest BCUT2D eigenvalue weighted by Crippen LogP contribution is -2.50. The summed E-state index contributed by atoms with van der Waals surface area (Å²) in [6, 6.07) is 4.49. The third-order valence-electron chi connectivity index (χ3n) is 4.49. The van der Waals surface area contributed by atoms with Crippen LogP contribution in [0.25, 0.3) is 0 Å². The molecule has 1 aliphatic rings. The van der Waals surface area contributed by atoms with Crippen LogP contribution >= 0.6 is 24.0 Å². The Morgan fingerprint density at radius 3 is 2.48 bits per heavy atom. The molecular weight excluding hydrogens is 503 g/mol. The second-order valence-electron chi connectivity index (χ2n) is 8.05. The summed E-state index contributed by atoms with van der Waals surface area (Å²) in [4.78, 5) is 11.4. The van der Waals surface area contributed by atoms with Gasteiger partial charge in [0, 0.05) is 37.4 Å². The van der Waals surface area contributed by atoms with Crippen LogP contribution in [-0.4, -0.2) is 63.4 Å². The monoisotopic (exact) mass is 538 g/mol. The van der Waals surface area contributed by atoms with Crippen molar-refractivity contribution in [1.82, 2.24) is 20.3 Å². The minimum absolute atomic E-state index is 0. The van der Waals surface area contributed by atoms with Gasteiger partial charge in [0.25, 0.3) is 0 Å². The summed E-state index contributed by atoms with van der Waals surface area (Å²) in [5, 5.41) is 6.74. The largest absolute Gasteiger partial charge is 0.357 e. The number of halogens is 1. The zero-order valence-corrected chi connectivity index (χ0v) is 21.2. The minimum Gasteiger partial charge on any atom is -0.357 e. The number of piperidine rings is 1.